The number of amides is 1. The Morgan fingerprint density at radius 3 is 2.80 bits per heavy atom. The number of nitrogens with one attached hydrogen (secondary N) is 2. The summed E-state index contributed by atoms with van der Waals surface area (Å²) in [4.78, 5) is 36.1. The molecular weight excluding hydrogens is 318 g/mol. The van der Waals surface area contributed by atoms with Crippen LogP contribution in [0.2, 0.25) is 0 Å². The number of hydrogen-bond acceptors (Lipinski definition) is 4. The van der Waals surface area contributed by atoms with Gasteiger partial charge in [-0.15, -0.1) is 0 Å². The zero-order valence-electron chi connectivity index (χ0n) is 13.3. The maximum Gasteiger partial charge on any atom is 0.278 e. The van der Waals surface area contributed by atoms with E-state index in [2.05, 4.69) is 20.3 Å². The zero-order valence-corrected chi connectivity index (χ0v) is 13.3. The third-order valence-electron chi connectivity index (χ3n) is 4.03. The van der Waals surface area contributed by atoms with Crippen LogP contribution in [0.5, 0.6) is 0 Å². The van der Waals surface area contributed by atoms with Crippen LogP contribution in [0.1, 0.15) is 5.56 Å². The predicted molar refractivity (Wildman–Crippen MR) is 93.9 cm³/mol. The molecule has 4 aromatic rings. The Morgan fingerprint density at radius 2 is 1.96 bits per heavy atom. The van der Waals surface area contributed by atoms with Gasteiger partial charge in [-0.2, -0.15) is 0 Å². The molecule has 3 aromatic heterocycles. The number of carbonyl (C=O) groups excluding carboxylic acids is 1. The van der Waals surface area contributed by atoms with E-state index in [0.29, 0.717) is 17.6 Å². The molecule has 0 unspecified atom stereocenters. The summed E-state index contributed by atoms with van der Waals surface area (Å²) < 4.78 is 1.31. The molecule has 0 bridgehead atoms. The first kappa shape index (κ1) is 15.1. The molecule has 2 N–H and O–H groups in total. The minimum absolute atomic E-state index is 0.0811. The second kappa shape index (κ2) is 6.20. The Balaban J connectivity index is 1.57. The van der Waals surface area contributed by atoms with E-state index in [1.807, 2.05) is 36.4 Å². The Labute approximate surface area is 142 Å². The van der Waals surface area contributed by atoms with Gasteiger partial charge in [0.05, 0.1) is 6.33 Å². The number of nitrogens with zero attached hydrogens (tertiary/aromatic N) is 3. The van der Waals surface area contributed by atoms with Crippen molar-refractivity contribution in [3.63, 3.8) is 0 Å². The maximum atomic E-state index is 12.6. The summed E-state index contributed by atoms with van der Waals surface area (Å²) in [6.45, 7) is 0.306. The molecule has 1 aromatic carbocycles. The molecule has 0 saturated heterocycles. The number of fused-ring (bicyclic) bond motifs is 3. The molecule has 1 amide bonds. The Hall–Kier alpha value is -3.48. The maximum absolute atomic E-state index is 12.6. The van der Waals surface area contributed by atoms with Gasteiger partial charge in [0.15, 0.2) is 0 Å². The number of benzene rings is 1. The van der Waals surface area contributed by atoms with Crippen molar-refractivity contribution in [2.45, 2.75) is 13.1 Å². The lowest BCUT2D eigenvalue weighted by atomic mass is 10.2. The molecular formula is C18H15N5O2. The van der Waals surface area contributed by atoms with Gasteiger partial charge in [0.25, 0.3) is 5.56 Å². The molecule has 7 heteroatoms. The molecule has 124 valence electrons. The van der Waals surface area contributed by atoms with Crippen LogP contribution in [0.15, 0.2) is 59.9 Å². The molecule has 0 fully saturated rings. The van der Waals surface area contributed by atoms with Crippen molar-refractivity contribution in [3.05, 3.63) is 71.0 Å². The number of carbonyl (C=O) groups is 1. The van der Waals surface area contributed by atoms with Crippen molar-refractivity contribution in [3.8, 4) is 0 Å². The van der Waals surface area contributed by atoms with Crippen molar-refractivity contribution in [2.75, 3.05) is 0 Å². The van der Waals surface area contributed by atoms with E-state index < -0.39 is 0 Å². The standard InChI is InChI=1S/C18H15N5O2/c24-15(20-9-12-5-7-19-8-6-12)10-23-11-21-16-13-3-1-2-4-14(13)22-17(16)18(23)25/h1-8,11,22H,9-10H2,(H,20,24). The predicted octanol–water partition coefficient (Wildman–Crippen LogP) is 1.59. The highest BCUT2D eigenvalue weighted by molar-refractivity contribution is 6.04. The fourth-order valence-corrected chi connectivity index (χ4v) is 2.76. The summed E-state index contributed by atoms with van der Waals surface area (Å²) >= 11 is 0. The van der Waals surface area contributed by atoms with Gasteiger partial charge >= 0.3 is 0 Å². The number of H-pyrrole nitrogens is 1. The van der Waals surface area contributed by atoms with E-state index in [4.69, 9.17) is 0 Å². The monoisotopic (exact) mass is 333 g/mol. The Morgan fingerprint density at radius 1 is 1.16 bits per heavy atom. The van der Waals surface area contributed by atoms with E-state index in [0.717, 1.165) is 16.5 Å². The molecule has 0 aliphatic rings. The van der Waals surface area contributed by atoms with Crippen LogP contribution >= 0.6 is 0 Å². The first-order valence-corrected chi connectivity index (χ1v) is 7.84. The van der Waals surface area contributed by atoms with Crippen LogP contribution in [-0.4, -0.2) is 25.4 Å². The minimum Gasteiger partial charge on any atom is -0.350 e. The third-order valence-corrected chi connectivity index (χ3v) is 4.03. The minimum atomic E-state index is -0.264. The molecule has 0 atom stereocenters. The number of hydrogen-bond donors (Lipinski definition) is 2. The highest BCUT2D eigenvalue weighted by atomic mass is 16.2. The Kier molecular flexibility index (Phi) is 3.74. The number of aromatic nitrogens is 4. The third kappa shape index (κ3) is 2.87. The van der Waals surface area contributed by atoms with Gasteiger partial charge in [-0.25, -0.2) is 4.98 Å². The van der Waals surface area contributed by atoms with E-state index in [1.54, 1.807) is 12.4 Å². The van der Waals surface area contributed by atoms with Crippen molar-refractivity contribution in [2.24, 2.45) is 0 Å². The average Bonchev–Trinajstić information content (AvgIpc) is 3.03. The van der Waals surface area contributed by atoms with E-state index >= 15 is 0 Å². The lowest BCUT2D eigenvalue weighted by Gasteiger charge is -2.07. The Bertz CT molecular complexity index is 1110. The highest BCUT2D eigenvalue weighted by Crippen LogP contribution is 2.20. The highest BCUT2D eigenvalue weighted by Gasteiger charge is 2.12. The van der Waals surface area contributed by atoms with Crippen molar-refractivity contribution in [1.82, 2.24) is 24.8 Å². The molecule has 4 rings (SSSR count). The molecule has 25 heavy (non-hydrogen) atoms. The number of para-hydroxylation sites is 1. The van der Waals surface area contributed by atoms with Crippen LogP contribution in [-0.2, 0) is 17.9 Å². The van der Waals surface area contributed by atoms with Crippen molar-refractivity contribution in [1.29, 1.82) is 0 Å². The first-order chi connectivity index (χ1) is 12.2. The van der Waals surface area contributed by atoms with E-state index in [1.165, 1.54) is 10.9 Å². The SMILES string of the molecule is O=C(Cn1cnc2c([nH]c3ccccc32)c1=O)NCc1ccncc1. The zero-order chi connectivity index (χ0) is 17.2. The average molecular weight is 333 g/mol. The van der Waals surface area contributed by atoms with Gasteiger partial charge in [0, 0.05) is 29.8 Å². The molecule has 7 nitrogen and oxygen atoms in total. The van der Waals surface area contributed by atoms with Gasteiger partial charge in [-0.3, -0.25) is 19.1 Å². The molecule has 0 radical (unpaired) electrons. The summed E-state index contributed by atoms with van der Waals surface area (Å²) in [5.74, 6) is -0.254. The smallest absolute Gasteiger partial charge is 0.278 e. The summed E-state index contributed by atoms with van der Waals surface area (Å²) in [6, 6.07) is 11.2. The fourth-order valence-electron chi connectivity index (χ4n) is 2.76. The van der Waals surface area contributed by atoms with E-state index in [9.17, 15) is 9.59 Å². The topological polar surface area (TPSA) is 92.7 Å². The normalized spacial score (nSPS) is 11.0. The summed E-state index contributed by atoms with van der Waals surface area (Å²) in [6.07, 6.45) is 4.75. The second-order valence-corrected chi connectivity index (χ2v) is 5.70. The van der Waals surface area contributed by atoms with E-state index in [-0.39, 0.29) is 18.0 Å². The fraction of sp³-hybridized carbons (Fsp3) is 0.111. The second-order valence-electron chi connectivity index (χ2n) is 5.70. The molecule has 0 spiro atoms. The van der Waals surface area contributed by atoms with Crippen molar-refractivity contribution < 1.29 is 4.79 Å². The van der Waals surface area contributed by atoms with Crippen LogP contribution in [0, 0.1) is 0 Å². The lowest BCUT2D eigenvalue weighted by Crippen LogP contribution is -2.32. The summed E-state index contributed by atoms with van der Waals surface area (Å²) in [5, 5.41) is 3.68. The van der Waals surface area contributed by atoms with Crippen molar-refractivity contribution >= 4 is 27.8 Å². The summed E-state index contributed by atoms with van der Waals surface area (Å²) in [5.41, 5.74) is 2.56. The first-order valence-electron chi connectivity index (χ1n) is 7.84. The van der Waals surface area contributed by atoms with Crippen LogP contribution < -0.4 is 10.9 Å². The van der Waals surface area contributed by atoms with Gasteiger partial charge < -0.3 is 10.3 Å². The van der Waals surface area contributed by atoms with Crippen LogP contribution in [0.4, 0.5) is 0 Å². The molecule has 0 saturated carbocycles. The summed E-state index contributed by atoms with van der Waals surface area (Å²) in [7, 11) is 0. The largest absolute Gasteiger partial charge is 0.350 e. The van der Waals surface area contributed by atoms with Gasteiger partial charge in [-0.05, 0) is 23.8 Å². The van der Waals surface area contributed by atoms with Crippen LogP contribution in [0.25, 0.3) is 21.9 Å². The number of pyridine rings is 1. The number of aromatic amines is 1. The molecule has 3 heterocycles. The molecule has 0 aliphatic heterocycles. The van der Waals surface area contributed by atoms with Gasteiger partial charge in [0.1, 0.15) is 17.6 Å². The quantitative estimate of drug-likeness (QED) is 0.593. The number of rotatable bonds is 4. The van der Waals surface area contributed by atoms with Gasteiger partial charge in [-0.1, -0.05) is 18.2 Å². The molecule has 0 aliphatic carbocycles. The van der Waals surface area contributed by atoms with Gasteiger partial charge in [0.2, 0.25) is 5.91 Å². The van der Waals surface area contributed by atoms with Crippen LogP contribution in [0.3, 0.4) is 0 Å². The lowest BCUT2D eigenvalue weighted by molar-refractivity contribution is -0.121.